The monoisotopic (exact) mass is 450 g/mol. The van der Waals surface area contributed by atoms with E-state index in [1.165, 1.54) is 0 Å². The van der Waals surface area contributed by atoms with E-state index in [1.54, 1.807) is 22.8 Å². The van der Waals surface area contributed by atoms with Crippen LogP contribution in [0.2, 0.25) is 0 Å². The Kier molecular flexibility index (Phi) is 7.34. The zero-order valence-electron chi connectivity index (χ0n) is 19.6. The van der Waals surface area contributed by atoms with Crippen molar-refractivity contribution in [3.8, 4) is 0 Å². The van der Waals surface area contributed by atoms with Gasteiger partial charge >= 0.3 is 5.97 Å². The highest BCUT2D eigenvalue weighted by atomic mass is 16.5. The zero-order chi connectivity index (χ0) is 23.7. The molecular formula is C24H38N2O6. The van der Waals surface area contributed by atoms with Crippen molar-refractivity contribution in [2.45, 2.75) is 89.0 Å². The van der Waals surface area contributed by atoms with Crippen LogP contribution in [0, 0.1) is 11.8 Å². The van der Waals surface area contributed by atoms with Gasteiger partial charge in [-0.05, 0) is 52.4 Å². The predicted molar refractivity (Wildman–Crippen MR) is 119 cm³/mol. The third-order valence-corrected chi connectivity index (χ3v) is 7.68. The van der Waals surface area contributed by atoms with Crippen molar-refractivity contribution in [3.63, 3.8) is 0 Å². The summed E-state index contributed by atoms with van der Waals surface area (Å²) < 4.78 is 6.42. The van der Waals surface area contributed by atoms with Crippen LogP contribution in [0.25, 0.3) is 0 Å². The van der Waals surface area contributed by atoms with Crippen molar-refractivity contribution in [2.75, 3.05) is 19.7 Å². The van der Waals surface area contributed by atoms with E-state index >= 15 is 0 Å². The summed E-state index contributed by atoms with van der Waals surface area (Å²) in [6, 6.07) is -0.865. The first kappa shape index (κ1) is 24.7. The smallest absolute Gasteiger partial charge is 0.310 e. The summed E-state index contributed by atoms with van der Waals surface area (Å²) >= 11 is 0. The lowest BCUT2D eigenvalue weighted by Gasteiger charge is -2.39. The fourth-order valence-corrected chi connectivity index (χ4v) is 6.25. The number of carboxylic acids is 1. The van der Waals surface area contributed by atoms with Crippen LogP contribution in [-0.2, 0) is 19.1 Å². The lowest BCUT2D eigenvalue weighted by Crippen LogP contribution is -2.57. The van der Waals surface area contributed by atoms with Crippen LogP contribution in [0.3, 0.4) is 0 Å². The molecule has 32 heavy (non-hydrogen) atoms. The number of ether oxygens (including phenoxy) is 1. The van der Waals surface area contributed by atoms with Crippen LogP contribution in [-0.4, -0.2) is 80.8 Å². The van der Waals surface area contributed by atoms with Crippen LogP contribution in [0.4, 0.5) is 0 Å². The van der Waals surface area contributed by atoms with Gasteiger partial charge in [0.25, 0.3) is 0 Å². The van der Waals surface area contributed by atoms with Crippen LogP contribution in [0.1, 0.15) is 65.7 Å². The summed E-state index contributed by atoms with van der Waals surface area (Å²) in [5.41, 5.74) is -2.04. The molecule has 3 heterocycles. The number of carbonyl (C=O) groups is 3. The number of hydrogen-bond donors (Lipinski definition) is 2. The van der Waals surface area contributed by atoms with Gasteiger partial charge in [-0.2, -0.15) is 0 Å². The minimum absolute atomic E-state index is 0.0308. The molecule has 3 aliphatic rings. The third kappa shape index (κ3) is 3.85. The molecular weight excluding hydrogens is 412 g/mol. The second-order valence-corrected chi connectivity index (χ2v) is 9.80. The van der Waals surface area contributed by atoms with Crippen LogP contribution in [0.5, 0.6) is 0 Å². The minimum atomic E-state index is -1.10. The highest BCUT2D eigenvalue weighted by Gasteiger charge is 2.78. The maximum Gasteiger partial charge on any atom is 0.310 e. The maximum atomic E-state index is 14.0. The van der Waals surface area contributed by atoms with Crippen molar-refractivity contribution in [2.24, 2.45) is 11.8 Å². The summed E-state index contributed by atoms with van der Waals surface area (Å²) in [5, 5.41) is 19.1. The molecule has 3 rings (SSSR count). The Morgan fingerprint density at radius 3 is 2.66 bits per heavy atom. The van der Waals surface area contributed by atoms with Gasteiger partial charge in [-0.15, -0.1) is 6.58 Å². The van der Waals surface area contributed by atoms with Gasteiger partial charge in [0, 0.05) is 25.7 Å². The average Bonchev–Trinajstić information content (AvgIpc) is 3.30. The zero-order valence-corrected chi connectivity index (χ0v) is 19.6. The molecule has 3 unspecified atom stereocenters. The van der Waals surface area contributed by atoms with Crippen molar-refractivity contribution < 1.29 is 29.3 Å². The summed E-state index contributed by atoms with van der Waals surface area (Å²) in [5.74, 6) is -3.31. The van der Waals surface area contributed by atoms with Crippen molar-refractivity contribution in [1.82, 2.24) is 9.80 Å². The van der Waals surface area contributed by atoms with Crippen LogP contribution >= 0.6 is 0 Å². The first-order valence-corrected chi connectivity index (χ1v) is 11.9. The molecule has 8 nitrogen and oxygen atoms in total. The van der Waals surface area contributed by atoms with Gasteiger partial charge in [-0.1, -0.05) is 19.4 Å². The maximum absolute atomic E-state index is 14.0. The van der Waals surface area contributed by atoms with Gasteiger partial charge in [0.1, 0.15) is 11.6 Å². The Morgan fingerprint density at radius 1 is 1.34 bits per heavy atom. The van der Waals surface area contributed by atoms with Gasteiger partial charge < -0.3 is 24.7 Å². The number of carbonyl (C=O) groups excluding carboxylic acids is 2. The number of fused-ring (bicyclic) bond motifs is 1. The molecule has 0 aromatic heterocycles. The first-order valence-electron chi connectivity index (χ1n) is 11.9. The molecule has 0 saturated carbocycles. The molecule has 2 amide bonds. The molecule has 3 aliphatic heterocycles. The molecule has 6 atom stereocenters. The van der Waals surface area contributed by atoms with Gasteiger partial charge in [0.05, 0.1) is 17.4 Å². The van der Waals surface area contributed by atoms with Crippen molar-refractivity contribution in [3.05, 3.63) is 12.7 Å². The molecule has 1 spiro atoms. The predicted octanol–water partition coefficient (Wildman–Crippen LogP) is 2.20. The van der Waals surface area contributed by atoms with Crippen LogP contribution in [0.15, 0.2) is 12.7 Å². The third-order valence-electron chi connectivity index (χ3n) is 7.68. The normalized spacial score (nSPS) is 33.9. The number of carboxylic acid groups (broad SMARTS) is 1. The molecule has 0 aliphatic carbocycles. The Hall–Kier alpha value is -1.93. The quantitative estimate of drug-likeness (QED) is 0.349. The Balaban J connectivity index is 2.00. The van der Waals surface area contributed by atoms with E-state index in [2.05, 4.69) is 13.5 Å². The Morgan fingerprint density at radius 2 is 2.06 bits per heavy atom. The molecule has 8 heteroatoms. The van der Waals surface area contributed by atoms with E-state index < -0.39 is 35.0 Å². The lowest BCUT2D eigenvalue weighted by atomic mass is 9.66. The second kappa shape index (κ2) is 9.51. The molecule has 0 aromatic rings. The lowest BCUT2D eigenvalue weighted by molar-refractivity contribution is -0.156. The van der Waals surface area contributed by atoms with E-state index in [1.807, 2.05) is 6.92 Å². The summed E-state index contributed by atoms with van der Waals surface area (Å²) in [6.45, 7) is 10.4. The number of aliphatic hydroxyl groups is 1. The molecule has 3 saturated heterocycles. The van der Waals surface area contributed by atoms with Gasteiger partial charge in [0.2, 0.25) is 11.8 Å². The highest BCUT2D eigenvalue weighted by Crippen LogP contribution is 2.63. The standard InChI is InChI=1S/C24H38N2O6/c1-5-10-16(3)25(13-6-2)21(29)19-24-12-11-23(4,32-24)18(22(30)31)17(24)20(28)26(19)14-8-7-9-15-27/h6,16-19,27H,2,5,7-15H2,1,3-4H3,(H,30,31)/t16?,17-,18+,19?,23-,24?/m0/s1. The summed E-state index contributed by atoms with van der Waals surface area (Å²) in [7, 11) is 0. The molecule has 2 N–H and O–H groups in total. The topological polar surface area (TPSA) is 107 Å². The molecule has 0 radical (unpaired) electrons. The highest BCUT2D eigenvalue weighted by molar-refractivity contribution is 5.98. The number of nitrogens with zero attached hydrogens (tertiary/aromatic N) is 2. The van der Waals surface area contributed by atoms with E-state index in [-0.39, 0.29) is 24.5 Å². The van der Waals surface area contributed by atoms with E-state index in [0.29, 0.717) is 38.8 Å². The first-order chi connectivity index (χ1) is 15.2. The number of hydrogen-bond acceptors (Lipinski definition) is 5. The van der Waals surface area contributed by atoms with E-state index in [0.717, 1.165) is 19.3 Å². The molecule has 0 aromatic carbocycles. The second-order valence-electron chi connectivity index (χ2n) is 9.80. The SMILES string of the molecule is C=CCN(C(=O)C1N(CCCCCO)C(=O)[C@@H]2[C@H](C(=O)O)[C@]3(C)CCC12O3)C(C)CCC. The number of rotatable bonds is 12. The van der Waals surface area contributed by atoms with Gasteiger partial charge in [-0.25, -0.2) is 0 Å². The fraction of sp³-hybridized carbons (Fsp3) is 0.792. The van der Waals surface area contributed by atoms with Gasteiger partial charge in [-0.3, -0.25) is 14.4 Å². The Labute approximate surface area is 190 Å². The summed E-state index contributed by atoms with van der Waals surface area (Å²) in [6.07, 6.45) is 6.43. The fourth-order valence-electron chi connectivity index (χ4n) is 6.25. The van der Waals surface area contributed by atoms with Crippen molar-refractivity contribution in [1.29, 1.82) is 0 Å². The Bertz CT molecular complexity index is 757. The number of unbranched alkanes of at least 4 members (excludes halogenated alkanes) is 2. The largest absolute Gasteiger partial charge is 0.481 e. The van der Waals surface area contributed by atoms with Crippen LogP contribution < -0.4 is 0 Å². The average molecular weight is 451 g/mol. The number of aliphatic hydroxyl groups excluding tert-OH is 1. The number of amides is 2. The molecule has 2 bridgehead atoms. The van der Waals surface area contributed by atoms with Crippen molar-refractivity contribution >= 4 is 17.8 Å². The minimum Gasteiger partial charge on any atom is -0.481 e. The van der Waals surface area contributed by atoms with E-state index in [4.69, 9.17) is 9.84 Å². The summed E-state index contributed by atoms with van der Waals surface area (Å²) in [4.78, 5) is 43.2. The molecule has 180 valence electrons. The van der Waals surface area contributed by atoms with E-state index in [9.17, 15) is 19.5 Å². The molecule has 3 fully saturated rings. The number of likely N-dealkylation sites (tertiary alicyclic amines) is 1. The van der Waals surface area contributed by atoms with Gasteiger partial charge in [0.15, 0.2) is 0 Å². The number of aliphatic carboxylic acids is 1.